The molecule has 0 heterocycles. The Morgan fingerprint density at radius 3 is 1.77 bits per heavy atom. The number of hydrogen-bond acceptors (Lipinski definition) is 6. The lowest BCUT2D eigenvalue weighted by atomic mass is 10.1. The SMILES string of the molecule is CC(=O)c1c(O)cccc1O.CC(=O)c1c(O)cccc1OCC1CC1. The summed E-state index contributed by atoms with van der Waals surface area (Å²) in [7, 11) is 0. The minimum atomic E-state index is -0.347. The molecule has 0 atom stereocenters. The largest absolute Gasteiger partial charge is 0.507 e. The highest BCUT2D eigenvalue weighted by molar-refractivity contribution is 5.99. The first-order valence-corrected chi connectivity index (χ1v) is 8.28. The topological polar surface area (TPSA) is 104 Å². The summed E-state index contributed by atoms with van der Waals surface area (Å²) in [5, 5.41) is 27.7. The molecule has 1 fully saturated rings. The van der Waals surface area contributed by atoms with Gasteiger partial charge in [-0.2, -0.15) is 0 Å². The normalized spacial score (nSPS) is 12.7. The van der Waals surface area contributed by atoms with E-state index in [4.69, 9.17) is 14.9 Å². The minimum absolute atomic E-state index is 0.00389. The average molecular weight is 358 g/mol. The molecule has 0 amide bonds. The van der Waals surface area contributed by atoms with Gasteiger partial charge in [-0.1, -0.05) is 12.1 Å². The molecule has 0 unspecified atom stereocenters. The Morgan fingerprint density at radius 1 is 0.885 bits per heavy atom. The lowest BCUT2D eigenvalue weighted by molar-refractivity contribution is 0.0998. The van der Waals surface area contributed by atoms with Gasteiger partial charge >= 0.3 is 0 Å². The van der Waals surface area contributed by atoms with Crippen molar-refractivity contribution in [2.75, 3.05) is 6.61 Å². The van der Waals surface area contributed by atoms with Gasteiger partial charge in [0.15, 0.2) is 11.6 Å². The highest BCUT2D eigenvalue weighted by atomic mass is 16.5. The van der Waals surface area contributed by atoms with Crippen molar-refractivity contribution in [2.45, 2.75) is 26.7 Å². The maximum absolute atomic E-state index is 11.3. The Kier molecular flexibility index (Phi) is 6.22. The zero-order valence-corrected chi connectivity index (χ0v) is 14.7. The zero-order chi connectivity index (χ0) is 19.3. The quantitative estimate of drug-likeness (QED) is 0.704. The number of ether oxygens (including phenoxy) is 1. The van der Waals surface area contributed by atoms with Crippen molar-refractivity contribution in [1.29, 1.82) is 0 Å². The molecule has 1 saturated carbocycles. The summed E-state index contributed by atoms with van der Waals surface area (Å²) in [6.07, 6.45) is 2.41. The molecule has 1 aliphatic rings. The van der Waals surface area contributed by atoms with E-state index >= 15 is 0 Å². The Balaban J connectivity index is 0.000000197. The van der Waals surface area contributed by atoms with E-state index in [9.17, 15) is 14.7 Å². The van der Waals surface area contributed by atoms with Crippen LogP contribution in [0.4, 0.5) is 0 Å². The molecule has 6 nitrogen and oxygen atoms in total. The first kappa shape index (κ1) is 19.3. The minimum Gasteiger partial charge on any atom is -0.507 e. The van der Waals surface area contributed by atoms with Crippen LogP contribution in [0, 0.1) is 5.92 Å². The van der Waals surface area contributed by atoms with Crippen LogP contribution in [-0.4, -0.2) is 33.5 Å². The second-order valence-electron chi connectivity index (χ2n) is 6.19. The molecule has 3 N–H and O–H groups in total. The van der Waals surface area contributed by atoms with Crippen molar-refractivity contribution in [3.05, 3.63) is 47.5 Å². The molecule has 3 rings (SSSR count). The van der Waals surface area contributed by atoms with Crippen LogP contribution in [0.3, 0.4) is 0 Å². The molecule has 26 heavy (non-hydrogen) atoms. The van der Waals surface area contributed by atoms with Crippen molar-refractivity contribution in [1.82, 2.24) is 0 Å². The van der Waals surface area contributed by atoms with Gasteiger partial charge < -0.3 is 20.1 Å². The summed E-state index contributed by atoms with van der Waals surface area (Å²) < 4.78 is 5.52. The van der Waals surface area contributed by atoms with Crippen molar-refractivity contribution in [2.24, 2.45) is 5.92 Å². The Morgan fingerprint density at radius 2 is 1.35 bits per heavy atom. The maximum atomic E-state index is 11.3. The number of benzene rings is 2. The van der Waals surface area contributed by atoms with Crippen LogP contribution >= 0.6 is 0 Å². The summed E-state index contributed by atoms with van der Waals surface area (Å²) in [5.41, 5.74) is 0.269. The first-order chi connectivity index (χ1) is 12.3. The standard InChI is InChI=1S/C12H14O3.C8H8O3/c1-8(13)12-10(14)3-2-4-11(12)15-7-9-5-6-9;1-5(9)8-6(10)3-2-4-7(8)11/h2-4,9,14H,5-7H2,1H3;2-4,10-11H,1H3. The smallest absolute Gasteiger partial charge is 0.167 e. The molecule has 0 saturated heterocycles. The van der Waals surface area contributed by atoms with Gasteiger partial charge in [0.1, 0.15) is 34.1 Å². The summed E-state index contributed by atoms with van der Waals surface area (Å²) in [4.78, 5) is 22.1. The van der Waals surface area contributed by atoms with Crippen LogP contribution in [-0.2, 0) is 0 Å². The molecule has 0 spiro atoms. The van der Waals surface area contributed by atoms with Gasteiger partial charge in [0.25, 0.3) is 0 Å². The van der Waals surface area contributed by atoms with E-state index in [0.29, 0.717) is 18.3 Å². The first-order valence-electron chi connectivity index (χ1n) is 8.28. The third-order valence-corrected chi connectivity index (χ3v) is 3.90. The van der Waals surface area contributed by atoms with Gasteiger partial charge in [-0.3, -0.25) is 9.59 Å². The highest BCUT2D eigenvalue weighted by Gasteiger charge is 2.23. The molecular weight excluding hydrogens is 336 g/mol. The van der Waals surface area contributed by atoms with E-state index in [-0.39, 0.29) is 39.9 Å². The Bertz CT molecular complexity index is 788. The number of rotatable bonds is 5. The molecule has 0 aromatic heterocycles. The average Bonchev–Trinajstić information content (AvgIpc) is 3.37. The predicted molar refractivity (Wildman–Crippen MR) is 96.1 cm³/mol. The fraction of sp³-hybridized carbons (Fsp3) is 0.300. The number of ketones is 2. The number of hydrogen-bond donors (Lipinski definition) is 3. The van der Waals surface area contributed by atoms with Crippen LogP contribution in [0.15, 0.2) is 36.4 Å². The molecule has 0 aliphatic heterocycles. The van der Waals surface area contributed by atoms with Crippen molar-refractivity contribution >= 4 is 11.6 Å². The third kappa shape index (κ3) is 4.99. The number of phenols is 3. The maximum Gasteiger partial charge on any atom is 0.167 e. The Hall–Kier alpha value is -3.02. The van der Waals surface area contributed by atoms with Crippen LogP contribution in [0.2, 0.25) is 0 Å². The predicted octanol–water partition coefficient (Wildman–Crippen LogP) is 3.68. The van der Waals surface area contributed by atoms with Crippen LogP contribution in [0.1, 0.15) is 47.4 Å². The Labute approximate surface area is 151 Å². The molecule has 1 aliphatic carbocycles. The summed E-state index contributed by atoms with van der Waals surface area (Å²) in [6, 6.07) is 9.09. The number of Topliss-reactive ketones (excluding diaryl/α,β-unsaturated/α-hetero) is 2. The summed E-state index contributed by atoms with van der Waals surface area (Å²) >= 11 is 0. The molecule has 0 radical (unpaired) electrons. The van der Waals surface area contributed by atoms with Gasteiger partial charge in [-0.05, 0) is 56.9 Å². The monoisotopic (exact) mass is 358 g/mol. The van der Waals surface area contributed by atoms with E-state index < -0.39 is 0 Å². The van der Waals surface area contributed by atoms with Gasteiger partial charge in [0.2, 0.25) is 0 Å². The van der Waals surface area contributed by atoms with E-state index in [1.807, 2.05) is 0 Å². The fourth-order valence-electron chi connectivity index (χ4n) is 2.37. The molecule has 2 aromatic carbocycles. The molecule has 6 heteroatoms. The molecule has 2 aromatic rings. The van der Waals surface area contributed by atoms with Crippen molar-refractivity contribution in [3.8, 4) is 23.0 Å². The van der Waals surface area contributed by atoms with E-state index in [2.05, 4.69) is 0 Å². The van der Waals surface area contributed by atoms with Gasteiger partial charge in [-0.25, -0.2) is 0 Å². The van der Waals surface area contributed by atoms with Crippen LogP contribution in [0.5, 0.6) is 23.0 Å². The second kappa shape index (κ2) is 8.38. The lowest BCUT2D eigenvalue weighted by Gasteiger charge is -2.10. The number of phenolic OH excluding ortho intramolecular Hbond substituents is 3. The van der Waals surface area contributed by atoms with Gasteiger partial charge in [-0.15, -0.1) is 0 Å². The molecular formula is C20H22O6. The number of aromatic hydroxyl groups is 3. The van der Waals surface area contributed by atoms with Crippen LogP contribution < -0.4 is 4.74 Å². The van der Waals surface area contributed by atoms with E-state index in [1.165, 1.54) is 51.0 Å². The zero-order valence-electron chi connectivity index (χ0n) is 14.7. The summed E-state index contributed by atoms with van der Waals surface area (Å²) in [5.74, 6) is 0.242. The van der Waals surface area contributed by atoms with Crippen LogP contribution in [0.25, 0.3) is 0 Å². The fourth-order valence-corrected chi connectivity index (χ4v) is 2.37. The highest BCUT2D eigenvalue weighted by Crippen LogP contribution is 2.32. The molecule has 138 valence electrons. The van der Waals surface area contributed by atoms with E-state index in [1.54, 1.807) is 12.1 Å². The second-order valence-corrected chi connectivity index (χ2v) is 6.19. The van der Waals surface area contributed by atoms with Gasteiger partial charge in [0, 0.05) is 0 Å². The van der Waals surface area contributed by atoms with E-state index in [0.717, 1.165) is 0 Å². The number of carbonyl (C=O) groups is 2. The van der Waals surface area contributed by atoms with Gasteiger partial charge in [0.05, 0.1) is 6.61 Å². The van der Waals surface area contributed by atoms with Crippen molar-refractivity contribution < 1.29 is 29.6 Å². The molecule has 0 bridgehead atoms. The lowest BCUT2D eigenvalue weighted by Crippen LogP contribution is -2.04. The van der Waals surface area contributed by atoms with Crippen molar-refractivity contribution in [3.63, 3.8) is 0 Å². The third-order valence-electron chi connectivity index (χ3n) is 3.90. The number of carbonyl (C=O) groups excluding carboxylic acids is 2. The summed E-state index contributed by atoms with van der Waals surface area (Å²) in [6.45, 7) is 3.36.